The number of aryl methyl sites for hydroxylation is 2. The maximum Gasteiger partial charge on any atom is 0.372 e. The van der Waals surface area contributed by atoms with Gasteiger partial charge in [-0.2, -0.15) is 0 Å². The normalized spacial score (nSPS) is 16.3. The molecule has 118 valence electrons. The lowest BCUT2D eigenvalue weighted by Gasteiger charge is -2.26. The summed E-state index contributed by atoms with van der Waals surface area (Å²) in [6.07, 6.45) is 4.74. The quantitative estimate of drug-likeness (QED) is 0.927. The van der Waals surface area contributed by atoms with Gasteiger partial charge >= 0.3 is 5.97 Å². The van der Waals surface area contributed by atoms with Gasteiger partial charge in [0.2, 0.25) is 5.76 Å². The number of rotatable bonds is 4. The predicted molar refractivity (Wildman–Crippen MR) is 86.4 cm³/mol. The fourth-order valence-electron chi connectivity index (χ4n) is 3.34. The van der Waals surface area contributed by atoms with Gasteiger partial charge in [-0.05, 0) is 50.9 Å². The van der Waals surface area contributed by atoms with E-state index in [1.54, 1.807) is 0 Å². The van der Waals surface area contributed by atoms with Gasteiger partial charge in [-0.1, -0.05) is 19.4 Å². The van der Waals surface area contributed by atoms with E-state index in [9.17, 15) is 9.90 Å². The Morgan fingerprint density at radius 2 is 2.00 bits per heavy atom. The third-order valence-electron chi connectivity index (χ3n) is 4.62. The Kier molecular flexibility index (Phi) is 4.21. The van der Waals surface area contributed by atoms with E-state index in [-0.39, 0.29) is 5.76 Å². The smallest absolute Gasteiger partial charge is 0.372 e. The number of furan rings is 1. The highest BCUT2D eigenvalue weighted by atomic mass is 16.4. The molecule has 0 bridgehead atoms. The van der Waals surface area contributed by atoms with Crippen molar-refractivity contribution >= 4 is 16.9 Å². The number of carbonyl (C=O) groups is 1. The van der Waals surface area contributed by atoms with Crippen molar-refractivity contribution in [2.45, 2.75) is 46.1 Å². The Morgan fingerprint density at radius 1 is 1.27 bits per heavy atom. The van der Waals surface area contributed by atoms with E-state index in [4.69, 9.17) is 4.42 Å². The number of carboxylic acid groups (broad SMARTS) is 1. The summed E-state index contributed by atoms with van der Waals surface area (Å²) in [7, 11) is 0. The highest BCUT2D eigenvalue weighted by molar-refractivity contribution is 5.96. The van der Waals surface area contributed by atoms with E-state index in [1.165, 1.54) is 24.8 Å². The highest BCUT2D eigenvalue weighted by Crippen LogP contribution is 2.31. The monoisotopic (exact) mass is 301 g/mol. The van der Waals surface area contributed by atoms with Gasteiger partial charge in [0, 0.05) is 23.1 Å². The predicted octanol–water partition coefficient (Wildman–Crippen LogP) is 3.99. The molecule has 1 N–H and O–H groups in total. The van der Waals surface area contributed by atoms with Crippen LogP contribution in [0.3, 0.4) is 0 Å². The van der Waals surface area contributed by atoms with Gasteiger partial charge in [0.05, 0.1) is 0 Å². The van der Waals surface area contributed by atoms with Crippen LogP contribution in [-0.2, 0) is 13.0 Å². The standard InChI is InChI=1S/C18H23NO3/c1-3-13-9-14(11-19-7-5-4-6-8-19)17-15(10-13)12(2)16(22-17)18(20)21/h9-10H,3-8,11H2,1-2H3,(H,20,21). The maximum atomic E-state index is 11.3. The van der Waals surface area contributed by atoms with Crippen LogP contribution in [0.4, 0.5) is 0 Å². The van der Waals surface area contributed by atoms with Crippen LogP contribution in [0.15, 0.2) is 16.5 Å². The molecule has 0 aliphatic carbocycles. The molecule has 0 saturated carbocycles. The van der Waals surface area contributed by atoms with Gasteiger partial charge in [-0.3, -0.25) is 4.90 Å². The lowest BCUT2D eigenvalue weighted by Crippen LogP contribution is -2.29. The summed E-state index contributed by atoms with van der Waals surface area (Å²) in [6.45, 7) is 7.03. The van der Waals surface area contributed by atoms with E-state index in [0.29, 0.717) is 0 Å². The summed E-state index contributed by atoms with van der Waals surface area (Å²) < 4.78 is 5.71. The number of likely N-dealkylation sites (tertiary alicyclic amines) is 1. The number of aromatic carboxylic acids is 1. The van der Waals surface area contributed by atoms with Gasteiger partial charge in [0.15, 0.2) is 0 Å². The van der Waals surface area contributed by atoms with Gasteiger partial charge in [-0.15, -0.1) is 0 Å². The molecule has 0 amide bonds. The van der Waals surface area contributed by atoms with Crippen molar-refractivity contribution in [3.8, 4) is 0 Å². The van der Waals surface area contributed by atoms with Gasteiger partial charge in [-0.25, -0.2) is 4.79 Å². The largest absolute Gasteiger partial charge is 0.475 e. The molecule has 1 aliphatic rings. The number of carboxylic acids is 1. The fourth-order valence-corrected chi connectivity index (χ4v) is 3.34. The van der Waals surface area contributed by atoms with Crippen LogP contribution in [0.2, 0.25) is 0 Å². The topological polar surface area (TPSA) is 53.7 Å². The summed E-state index contributed by atoms with van der Waals surface area (Å²) >= 11 is 0. The zero-order chi connectivity index (χ0) is 15.7. The minimum Gasteiger partial charge on any atom is -0.475 e. The number of hydrogen-bond donors (Lipinski definition) is 1. The average molecular weight is 301 g/mol. The van der Waals surface area contributed by atoms with E-state index in [1.807, 2.05) is 6.92 Å². The van der Waals surface area contributed by atoms with Crippen molar-refractivity contribution in [3.63, 3.8) is 0 Å². The third-order valence-corrected chi connectivity index (χ3v) is 4.62. The van der Waals surface area contributed by atoms with E-state index < -0.39 is 5.97 Å². The Hall–Kier alpha value is -1.81. The third kappa shape index (κ3) is 2.75. The molecular formula is C18H23NO3. The van der Waals surface area contributed by atoms with Crippen LogP contribution in [-0.4, -0.2) is 29.1 Å². The molecule has 0 spiro atoms. The second kappa shape index (κ2) is 6.13. The molecule has 3 rings (SSSR count). The van der Waals surface area contributed by atoms with Crippen LogP contribution < -0.4 is 0 Å². The molecule has 1 saturated heterocycles. The van der Waals surface area contributed by atoms with Crippen LogP contribution in [0.5, 0.6) is 0 Å². The molecule has 1 aromatic heterocycles. The van der Waals surface area contributed by atoms with Crippen LogP contribution in [0, 0.1) is 6.92 Å². The molecule has 4 nitrogen and oxygen atoms in total. The maximum absolute atomic E-state index is 11.3. The second-order valence-corrected chi connectivity index (χ2v) is 6.18. The van der Waals surface area contributed by atoms with Crippen molar-refractivity contribution in [1.82, 2.24) is 4.90 Å². The van der Waals surface area contributed by atoms with E-state index in [2.05, 4.69) is 24.0 Å². The first kappa shape index (κ1) is 15.1. The van der Waals surface area contributed by atoms with Crippen molar-refractivity contribution in [2.75, 3.05) is 13.1 Å². The number of piperidine rings is 1. The number of benzene rings is 1. The van der Waals surface area contributed by atoms with E-state index in [0.717, 1.165) is 48.2 Å². The summed E-state index contributed by atoms with van der Waals surface area (Å²) in [5, 5.41) is 10.2. The Morgan fingerprint density at radius 3 is 2.64 bits per heavy atom. The molecule has 4 heteroatoms. The van der Waals surface area contributed by atoms with Gasteiger partial charge < -0.3 is 9.52 Å². The first-order chi connectivity index (χ1) is 10.6. The summed E-state index contributed by atoms with van der Waals surface area (Å²) in [5.41, 5.74) is 3.84. The molecular weight excluding hydrogens is 278 g/mol. The molecule has 1 aromatic carbocycles. The lowest BCUT2D eigenvalue weighted by atomic mass is 10.0. The zero-order valence-corrected chi connectivity index (χ0v) is 13.3. The minimum absolute atomic E-state index is 0.0724. The Bertz CT molecular complexity index is 696. The molecule has 0 radical (unpaired) electrons. The first-order valence-corrected chi connectivity index (χ1v) is 8.10. The average Bonchev–Trinajstić information content (AvgIpc) is 2.86. The number of hydrogen-bond acceptors (Lipinski definition) is 3. The first-order valence-electron chi connectivity index (χ1n) is 8.10. The van der Waals surface area contributed by atoms with Crippen molar-refractivity contribution in [3.05, 3.63) is 34.6 Å². The molecule has 2 heterocycles. The summed E-state index contributed by atoms with van der Waals surface area (Å²) in [5.74, 6) is -0.918. The SMILES string of the molecule is CCc1cc(CN2CCCCC2)c2oc(C(=O)O)c(C)c2c1. The molecule has 0 atom stereocenters. The zero-order valence-electron chi connectivity index (χ0n) is 13.3. The summed E-state index contributed by atoms with van der Waals surface area (Å²) in [4.78, 5) is 13.8. The van der Waals surface area contributed by atoms with Crippen LogP contribution >= 0.6 is 0 Å². The molecule has 0 unspecified atom stereocenters. The van der Waals surface area contributed by atoms with Crippen molar-refractivity contribution in [1.29, 1.82) is 0 Å². The van der Waals surface area contributed by atoms with Crippen molar-refractivity contribution < 1.29 is 14.3 Å². The minimum atomic E-state index is -0.990. The molecule has 2 aromatic rings. The number of fused-ring (bicyclic) bond motifs is 1. The lowest BCUT2D eigenvalue weighted by molar-refractivity contribution is 0.0664. The van der Waals surface area contributed by atoms with Crippen molar-refractivity contribution in [2.24, 2.45) is 0 Å². The summed E-state index contributed by atoms with van der Waals surface area (Å²) in [6, 6.07) is 4.24. The fraction of sp³-hybridized carbons (Fsp3) is 0.500. The molecule has 22 heavy (non-hydrogen) atoms. The van der Waals surface area contributed by atoms with Crippen LogP contribution in [0.25, 0.3) is 11.0 Å². The van der Waals surface area contributed by atoms with Crippen LogP contribution in [0.1, 0.15) is 53.4 Å². The Balaban J connectivity index is 2.06. The Labute approximate surface area is 130 Å². The molecule has 1 aliphatic heterocycles. The second-order valence-electron chi connectivity index (χ2n) is 6.18. The highest BCUT2D eigenvalue weighted by Gasteiger charge is 2.21. The number of nitrogens with zero attached hydrogens (tertiary/aromatic N) is 1. The molecule has 1 fully saturated rings. The van der Waals surface area contributed by atoms with Gasteiger partial charge in [0.1, 0.15) is 5.58 Å². The van der Waals surface area contributed by atoms with Gasteiger partial charge in [0.25, 0.3) is 0 Å². The van der Waals surface area contributed by atoms with E-state index >= 15 is 0 Å².